The zero-order chi connectivity index (χ0) is 22.2. The molecule has 160 valence electrons. The first-order chi connectivity index (χ1) is 15.7. The Bertz CT molecular complexity index is 1170. The van der Waals surface area contributed by atoms with Crippen molar-refractivity contribution in [3.8, 4) is 17.0 Å². The lowest BCUT2D eigenvalue weighted by Crippen LogP contribution is -2.23. The van der Waals surface area contributed by atoms with E-state index in [1.807, 2.05) is 48.5 Å². The Morgan fingerprint density at radius 3 is 2.59 bits per heavy atom. The Hall–Kier alpha value is -4.26. The van der Waals surface area contributed by atoms with Gasteiger partial charge in [-0.25, -0.2) is 4.98 Å². The second kappa shape index (κ2) is 10.2. The van der Waals surface area contributed by atoms with E-state index in [0.29, 0.717) is 42.3 Å². The van der Waals surface area contributed by atoms with E-state index in [1.165, 1.54) is 0 Å². The van der Waals surface area contributed by atoms with Gasteiger partial charge in [-0.1, -0.05) is 24.3 Å². The van der Waals surface area contributed by atoms with Gasteiger partial charge in [0.2, 0.25) is 6.41 Å². The summed E-state index contributed by atoms with van der Waals surface area (Å²) in [6, 6.07) is 20.2. The van der Waals surface area contributed by atoms with Crippen LogP contribution in [-0.4, -0.2) is 33.0 Å². The third-order valence-corrected chi connectivity index (χ3v) is 4.97. The van der Waals surface area contributed by atoms with Crippen molar-refractivity contribution in [2.24, 2.45) is 0 Å². The summed E-state index contributed by atoms with van der Waals surface area (Å²) in [7, 11) is 0. The van der Waals surface area contributed by atoms with Crippen molar-refractivity contribution in [3.63, 3.8) is 0 Å². The molecule has 7 nitrogen and oxygen atoms in total. The van der Waals surface area contributed by atoms with Gasteiger partial charge in [0.25, 0.3) is 0 Å². The van der Waals surface area contributed by atoms with Crippen LogP contribution in [0.15, 0.2) is 85.3 Å². The Balaban J connectivity index is 1.64. The van der Waals surface area contributed by atoms with Gasteiger partial charge in [-0.05, 0) is 48.0 Å². The third kappa shape index (κ3) is 5.07. The van der Waals surface area contributed by atoms with Crippen LogP contribution in [0.25, 0.3) is 11.3 Å². The zero-order valence-corrected chi connectivity index (χ0v) is 17.4. The Morgan fingerprint density at radius 2 is 1.84 bits per heavy atom. The largest absolute Gasteiger partial charge is 0.507 e. The highest BCUT2D eigenvalue weighted by Crippen LogP contribution is 2.32. The van der Waals surface area contributed by atoms with Gasteiger partial charge in [0.15, 0.2) is 5.82 Å². The monoisotopic (exact) mass is 425 g/mol. The predicted molar refractivity (Wildman–Crippen MR) is 124 cm³/mol. The molecule has 0 aliphatic carbocycles. The number of carbonyl (C=O) groups is 1. The SMILES string of the molecule is O=CN(Cc1cccnc1)c1ccc(-c2ccccc2O)nc1NCCc1ccccn1. The number of hydrogen-bond donors (Lipinski definition) is 2. The van der Waals surface area contributed by atoms with E-state index >= 15 is 0 Å². The number of aromatic hydroxyl groups is 1. The molecule has 0 atom stereocenters. The number of para-hydroxylation sites is 1. The summed E-state index contributed by atoms with van der Waals surface area (Å²) in [5.41, 5.74) is 3.74. The maximum atomic E-state index is 12.0. The molecule has 2 N–H and O–H groups in total. The van der Waals surface area contributed by atoms with Gasteiger partial charge < -0.3 is 15.3 Å². The van der Waals surface area contributed by atoms with Crippen LogP contribution in [0.2, 0.25) is 0 Å². The highest BCUT2D eigenvalue weighted by Gasteiger charge is 2.15. The first kappa shape index (κ1) is 21.0. The first-order valence-corrected chi connectivity index (χ1v) is 10.3. The summed E-state index contributed by atoms with van der Waals surface area (Å²) >= 11 is 0. The molecule has 0 fully saturated rings. The molecule has 0 radical (unpaired) electrons. The summed E-state index contributed by atoms with van der Waals surface area (Å²) in [6.45, 7) is 0.949. The van der Waals surface area contributed by atoms with Crippen LogP contribution in [-0.2, 0) is 17.8 Å². The molecule has 0 aliphatic heterocycles. The maximum Gasteiger partial charge on any atom is 0.214 e. The van der Waals surface area contributed by atoms with E-state index in [1.54, 1.807) is 41.7 Å². The zero-order valence-electron chi connectivity index (χ0n) is 17.4. The van der Waals surface area contributed by atoms with Gasteiger partial charge in [0, 0.05) is 42.8 Å². The van der Waals surface area contributed by atoms with Crippen molar-refractivity contribution in [2.75, 3.05) is 16.8 Å². The lowest BCUT2D eigenvalue weighted by atomic mass is 10.1. The smallest absolute Gasteiger partial charge is 0.214 e. The van der Waals surface area contributed by atoms with E-state index in [0.717, 1.165) is 17.7 Å². The average molecular weight is 425 g/mol. The van der Waals surface area contributed by atoms with Crippen molar-refractivity contribution in [2.45, 2.75) is 13.0 Å². The molecule has 0 saturated heterocycles. The van der Waals surface area contributed by atoms with Crippen LogP contribution in [0.5, 0.6) is 5.75 Å². The van der Waals surface area contributed by atoms with Crippen LogP contribution in [0.1, 0.15) is 11.3 Å². The van der Waals surface area contributed by atoms with Gasteiger partial charge in [0.1, 0.15) is 5.75 Å². The quantitative estimate of drug-likeness (QED) is 0.393. The van der Waals surface area contributed by atoms with E-state index in [2.05, 4.69) is 15.3 Å². The molecule has 0 unspecified atom stereocenters. The van der Waals surface area contributed by atoms with Gasteiger partial charge >= 0.3 is 0 Å². The van der Waals surface area contributed by atoms with Crippen LogP contribution in [0.4, 0.5) is 11.5 Å². The normalized spacial score (nSPS) is 10.5. The number of pyridine rings is 3. The summed E-state index contributed by atoms with van der Waals surface area (Å²) in [5, 5.41) is 13.6. The molecular weight excluding hydrogens is 402 g/mol. The van der Waals surface area contributed by atoms with E-state index in [-0.39, 0.29) is 5.75 Å². The number of benzene rings is 1. The van der Waals surface area contributed by atoms with Gasteiger partial charge in [-0.2, -0.15) is 0 Å². The van der Waals surface area contributed by atoms with Gasteiger partial charge in [0.05, 0.1) is 17.9 Å². The Labute approximate surface area is 186 Å². The number of anilines is 2. The molecule has 7 heteroatoms. The van der Waals surface area contributed by atoms with E-state index < -0.39 is 0 Å². The topological polar surface area (TPSA) is 91.2 Å². The number of phenols is 1. The van der Waals surface area contributed by atoms with Crippen molar-refractivity contribution >= 4 is 17.9 Å². The van der Waals surface area contributed by atoms with Crippen LogP contribution in [0, 0.1) is 0 Å². The molecule has 32 heavy (non-hydrogen) atoms. The Kier molecular flexibility index (Phi) is 6.67. The van der Waals surface area contributed by atoms with Crippen LogP contribution in [0.3, 0.4) is 0 Å². The van der Waals surface area contributed by atoms with Gasteiger partial charge in [-0.15, -0.1) is 0 Å². The van der Waals surface area contributed by atoms with E-state index in [9.17, 15) is 9.90 Å². The molecule has 1 aromatic carbocycles. The molecule has 4 rings (SSSR count). The second-order valence-electron chi connectivity index (χ2n) is 7.17. The number of hydrogen-bond acceptors (Lipinski definition) is 6. The number of aromatic nitrogens is 3. The maximum absolute atomic E-state index is 12.0. The van der Waals surface area contributed by atoms with Gasteiger partial charge in [-0.3, -0.25) is 14.8 Å². The third-order valence-electron chi connectivity index (χ3n) is 4.97. The van der Waals surface area contributed by atoms with Crippen molar-refractivity contribution < 1.29 is 9.90 Å². The summed E-state index contributed by atoms with van der Waals surface area (Å²) in [5.74, 6) is 0.701. The molecular formula is C25H23N5O2. The highest BCUT2D eigenvalue weighted by atomic mass is 16.3. The van der Waals surface area contributed by atoms with Crippen molar-refractivity contribution in [1.29, 1.82) is 0 Å². The number of phenolic OH excluding ortho intramolecular Hbond substituents is 1. The Morgan fingerprint density at radius 1 is 0.969 bits per heavy atom. The molecule has 4 aromatic rings. The molecule has 0 bridgehead atoms. The summed E-state index contributed by atoms with van der Waals surface area (Å²) in [6.07, 6.45) is 6.68. The number of nitrogens with one attached hydrogen (secondary N) is 1. The number of amides is 1. The lowest BCUT2D eigenvalue weighted by Gasteiger charge is -2.21. The van der Waals surface area contributed by atoms with Crippen molar-refractivity contribution in [3.05, 3.63) is 96.6 Å². The number of carbonyl (C=O) groups excluding carboxylic acids is 1. The average Bonchev–Trinajstić information content (AvgIpc) is 2.84. The fraction of sp³-hybridized carbons (Fsp3) is 0.120. The fourth-order valence-corrected chi connectivity index (χ4v) is 3.38. The van der Waals surface area contributed by atoms with Crippen LogP contribution >= 0.6 is 0 Å². The number of nitrogens with zero attached hydrogens (tertiary/aromatic N) is 4. The molecule has 0 saturated carbocycles. The standard InChI is InChI=1S/C25H23N5O2/c31-18-30(17-19-6-5-13-26-16-19)23-11-10-22(21-8-1-2-9-24(21)32)29-25(23)28-15-12-20-7-3-4-14-27-20/h1-11,13-14,16,18,32H,12,15,17H2,(H,28,29). The predicted octanol–water partition coefficient (Wildman–Crippen LogP) is 4.06. The van der Waals surface area contributed by atoms with E-state index in [4.69, 9.17) is 4.98 Å². The van der Waals surface area contributed by atoms with Crippen LogP contribution < -0.4 is 10.2 Å². The highest BCUT2D eigenvalue weighted by molar-refractivity contribution is 5.83. The summed E-state index contributed by atoms with van der Waals surface area (Å²) < 4.78 is 0. The molecule has 3 aromatic heterocycles. The minimum absolute atomic E-state index is 0.148. The van der Waals surface area contributed by atoms with Crippen molar-refractivity contribution in [1.82, 2.24) is 15.0 Å². The first-order valence-electron chi connectivity index (χ1n) is 10.3. The second-order valence-corrected chi connectivity index (χ2v) is 7.17. The molecule has 0 aliphatic rings. The number of rotatable bonds is 9. The molecule has 1 amide bonds. The molecule has 0 spiro atoms. The lowest BCUT2D eigenvalue weighted by molar-refractivity contribution is -0.107. The minimum Gasteiger partial charge on any atom is -0.507 e. The minimum atomic E-state index is 0.148. The molecule has 3 heterocycles. The fourth-order valence-electron chi connectivity index (χ4n) is 3.38. The summed E-state index contributed by atoms with van der Waals surface area (Å²) in [4.78, 5) is 26.8.